The summed E-state index contributed by atoms with van der Waals surface area (Å²) in [5.74, 6) is -0.276. The van der Waals surface area contributed by atoms with Gasteiger partial charge in [-0.05, 0) is 50.8 Å². The third-order valence-corrected chi connectivity index (χ3v) is 5.05. The molecule has 2 aromatic rings. The van der Waals surface area contributed by atoms with Crippen LogP contribution in [-0.4, -0.2) is 43.1 Å². The zero-order valence-corrected chi connectivity index (χ0v) is 16.6. The molecule has 0 fully saturated rings. The molecule has 144 valence electrons. The van der Waals surface area contributed by atoms with E-state index in [4.69, 9.17) is 0 Å². The van der Waals surface area contributed by atoms with Crippen molar-refractivity contribution in [3.05, 3.63) is 59.2 Å². The van der Waals surface area contributed by atoms with Crippen LogP contribution in [0.5, 0.6) is 0 Å². The number of aromatic nitrogens is 1. The number of carbonyl (C=O) groups excluding carboxylic acids is 1. The van der Waals surface area contributed by atoms with Gasteiger partial charge >= 0.3 is 6.03 Å². The van der Waals surface area contributed by atoms with E-state index < -0.39 is 0 Å². The minimum atomic E-state index is -0.276. The Hall–Kier alpha value is -2.47. The van der Waals surface area contributed by atoms with Gasteiger partial charge in [0.25, 0.3) is 0 Å². The molecule has 3 rings (SSSR count). The van der Waals surface area contributed by atoms with Gasteiger partial charge in [-0.15, -0.1) is 0 Å². The lowest BCUT2D eigenvalue weighted by Crippen LogP contribution is -2.44. The SMILES string of the molecule is Cc1ccc2c(n1)C(C)(C)CN2C(=O)NCC(c1cccc(F)c1)N(C)C. The third-order valence-electron chi connectivity index (χ3n) is 5.05. The van der Waals surface area contributed by atoms with Gasteiger partial charge in [-0.25, -0.2) is 9.18 Å². The molecule has 27 heavy (non-hydrogen) atoms. The molecule has 0 spiro atoms. The highest BCUT2D eigenvalue weighted by atomic mass is 19.1. The molecule has 1 unspecified atom stereocenters. The monoisotopic (exact) mass is 370 g/mol. The number of nitrogens with one attached hydrogen (secondary N) is 1. The number of likely N-dealkylation sites (N-methyl/N-ethyl adjacent to an activating group) is 1. The molecule has 0 radical (unpaired) electrons. The van der Waals surface area contributed by atoms with Crippen molar-refractivity contribution in [2.45, 2.75) is 32.2 Å². The molecular formula is C21H27FN4O. The number of pyridine rings is 1. The van der Waals surface area contributed by atoms with Crippen LogP contribution in [0.3, 0.4) is 0 Å². The molecule has 0 bridgehead atoms. The molecule has 1 atom stereocenters. The van der Waals surface area contributed by atoms with E-state index >= 15 is 0 Å². The molecule has 0 saturated carbocycles. The predicted molar refractivity (Wildman–Crippen MR) is 106 cm³/mol. The van der Waals surface area contributed by atoms with E-state index in [1.54, 1.807) is 11.0 Å². The summed E-state index contributed by atoms with van der Waals surface area (Å²) in [6.45, 7) is 7.12. The summed E-state index contributed by atoms with van der Waals surface area (Å²) in [5, 5.41) is 3.01. The number of benzene rings is 1. The Morgan fingerprint density at radius 1 is 1.33 bits per heavy atom. The van der Waals surface area contributed by atoms with E-state index in [-0.39, 0.29) is 23.3 Å². The summed E-state index contributed by atoms with van der Waals surface area (Å²) >= 11 is 0. The van der Waals surface area contributed by atoms with Gasteiger partial charge in [-0.3, -0.25) is 9.88 Å². The number of rotatable bonds is 4. The highest BCUT2D eigenvalue weighted by molar-refractivity contribution is 5.94. The topological polar surface area (TPSA) is 48.5 Å². The van der Waals surface area contributed by atoms with Crippen molar-refractivity contribution in [2.24, 2.45) is 0 Å². The fourth-order valence-electron chi connectivity index (χ4n) is 3.59. The second-order valence-electron chi connectivity index (χ2n) is 8.01. The first kappa shape index (κ1) is 19.3. The second kappa shape index (κ2) is 7.27. The molecule has 0 saturated heterocycles. The van der Waals surface area contributed by atoms with Gasteiger partial charge in [0, 0.05) is 24.2 Å². The lowest BCUT2D eigenvalue weighted by molar-refractivity contribution is 0.237. The normalized spacial score (nSPS) is 16.3. The zero-order chi connectivity index (χ0) is 19.8. The number of halogens is 1. The average Bonchev–Trinajstić information content (AvgIpc) is 2.86. The lowest BCUT2D eigenvalue weighted by Gasteiger charge is -2.27. The van der Waals surface area contributed by atoms with Crippen molar-refractivity contribution in [1.29, 1.82) is 0 Å². The van der Waals surface area contributed by atoms with E-state index in [9.17, 15) is 9.18 Å². The van der Waals surface area contributed by atoms with Crippen LogP contribution in [0.4, 0.5) is 14.9 Å². The van der Waals surface area contributed by atoms with E-state index in [1.165, 1.54) is 12.1 Å². The largest absolute Gasteiger partial charge is 0.336 e. The van der Waals surface area contributed by atoms with Gasteiger partial charge in [0.05, 0.1) is 17.4 Å². The first-order valence-corrected chi connectivity index (χ1v) is 9.14. The van der Waals surface area contributed by atoms with Gasteiger partial charge in [-0.1, -0.05) is 26.0 Å². The van der Waals surface area contributed by atoms with Crippen LogP contribution in [0.1, 0.15) is 36.8 Å². The van der Waals surface area contributed by atoms with Crippen molar-refractivity contribution >= 4 is 11.7 Å². The summed E-state index contributed by atoms with van der Waals surface area (Å²) in [4.78, 5) is 21.3. The summed E-state index contributed by atoms with van der Waals surface area (Å²) < 4.78 is 13.6. The molecule has 1 aliphatic rings. The minimum absolute atomic E-state index is 0.115. The number of hydrogen-bond acceptors (Lipinski definition) is 3. The van der Waals surface area contributed by atoms with Crippen molar-refractivity contribution in [3.63, 3.8) is 0 Å². The van der Waals surface area contributed by atoms with Gasteiger partial charge in [0.15, 0.2) is 0 Å². The molecule has 5 nitrogen and oxygen atoms in total. The van der Waals surface area contributed by atoms with Crippen LogP contribution in [0.25, 0.3) is 0 Å². The first-order chi connectivity index (χ1) is 12.7. The smallest absolute Gasteiger partial charge is 0.322 e. The summed E-state index contributed by atoms with van der Waals surface area (Å²) in [5.41, 5.74) is 3.40. The molecule has 0 aliphatic carbocycles. The van der Waals surface area contributed by atoms with E-state index in [1.807, 2.05) is 44.1 Å². The van der Waals surface area contributed by atoms with Crippen molar-refractivity contribution < 1.29 is 9.18 Å². The number of amides is 2. The summed E-state index contributed by atoms with van der Waals surface area (Å²) in [6, 6.07) is 10.1. The molecule has 2 amide bonds. The first-order valence-electron chi connectivity index (χ1n) is 9.14. The number of hydrogen-bond donors (Lipinski definition) is 1. The molecule has 1 aromatic carbocycles. The van der Waals surface area contributed by atoms with Crippen LogP contribution in [0, 0.1) is 12.7 Å². The minimum Gasteiger partial charge on any atom is -0.336 e. The molecule has 1 aromatic heterocycles. The standard InChI is InChI=1S/C21H27FN4O/c1-14-9-10-17-19(24-14)21(2,3)13-26(17)20(27)23-12-18(25(4)5)15-7-6-8-16(22)11-15/h6-11,18H,12-13H2,1-5H3,(H,23,27). The van der Waals surface area contributed by atoms with Gasteiger partial charge in [0.2, 0.25) is 0 Å². The Kier molecular flexibility index (Phi) is 5.20. The number of anilines is 1. The Balaban J connectivity index is 1.76. The fourth-order valence-corrected chi connectivity index (χ4v) is 3.59. The number of aryl methyl sites for hydroxylation is 1. The van der Waals surface area contributed by atoms with Crippen molar-refractivity contribution in [3.8, 4) is 0 Å². The maximum Gasteiger partial charge on any atom is 0.322 e. The molecule has 6 heteroatoms. The second-order valence-corrected chi connectivity index (χ2v) is 8.01. The number of urea groups is 1. The Labute approximate surface area is 160 Å². The summed E-state index contributed by atoms with van der Waals surface area (Å²) in [7, 11) is 3.84. The van der Waals surface area contributed by atoms with Crippen LogP contribution in [-0.2, 0) is 5.41 Å². The quantitative estimate of drug-likeness (QED) is 0.894. The van der Waals surface area contributed by atoms with Gasteiger partial charge < -0.3 is 10.2 Å². The Bertz CT molecular complexity index is 850. The fraction of sp³-hybridized carbons (Fsp3) is 0.429. The van der Waals surface area contributed by atoms with E-state index in [2.05, 4.69) is 24.1 Å². The maximum absolute atomic E-state index is 13.6. The number of carbonyl (C=O) groups is 1. The van der Waals surface area contributed by atoms with Crippen LogP contribution in [0.2, 0.25) is 0 Å². The molecular weight excluding hydrogens is 343 g/mol. The highest BCUT2D eigenvalue weighted by Gasteiger charge is 2.39. The van der Waals surface area contributed by atoms with E-state index in [0.717, 1.165) is 22.6 Å². The molecule has 1 aliphatic heterocycles. The lowest BCUT2D eigenvalue weighted by atomic mass is 9.91. The summed E-state index contributed by atoms with van der Waals surface area (Å²) in [6.07, 6.45) is 0. The Morgan fingerprint density at radius 2 is 2.07 bits per heavy atom. The predicted octanol–water partition coefficient (Wildman–Crippen LogP) is 3.64. The third kappa shape index (κ3) is 3.95. The van der Waals surface area contributed by atoms with Crippen LogP contribution >= 0.6 is 0 Å². The zero-order valence-electron chi connectivity index (χ0n) is 16.6. The molecule has 2 heterocycles. The van der Waals surface area contributed by atoms with Crippen molar-refractivity contribution in [2.75, 3.05) is 32.1 Å². The van der Waals surface area contributed by atoms with E-state index in [0.29, 0.717) is 13.1 Å². The Morgan fingerprint density at radius 3 is 2.74 bits per heavy atom. The van der Waals surface area contributed by atoms with Crippen LogP contribution in [0.15, 0.2) is 36.4 Å². The number of fused-ring (bicyclic) bond motifs is 1. The van der Waals surface area contributed by atoms with Crippen LogP contribution < -0.4 is 10.2 Å². The van der Waals surface area contributed by atoms with Gasteiger partial charge in [0.1, 0.15) is 5.82 Å². The number of nitrogens with zero attached hydrogens (tertiary/aromatic N) is 3. The molecule has 1 N–H and O–H groups in total. The highest BCUT2D eigenvalue weighted by Crippen LogP contribution is 2.39. The van der Waals surface area contributed by atoms with Crippen molar-refractivity contribution in [1.82, 2.24) is 15.2 Å². The van der Waals surface area contributed by atoms with Gasteiger partial charge in [-0.2, -0.15) is 0 Å². The maximum atomic E-state index is 13.6. The average molecular weight is 370 g/mol.